The number of nitrogens with one attached hydrogen (secondary N) is 1. The van der Waals surface area contributed by atoms with Gasteiger partial charge in [-0.05, 0) is 30.2 Å². The molecule has 23 heavy (non-hydrogen) atoms. The van der Waals surface area contributed by atoms with Gasteiger partial charge in [-0.15, -0.1) is 0 Å². The van der Waals surface area contributed by atoms with Gasteiger partial charge in [0.1, 0.15) is 11.9 Å². The minimum Gasteiger partial charge on any atom is -0.453 e. The molecule has 0 aliphatic carbocycles. The molecule has 0 bridgehead atoms. The van der Waals surface area contributed by atoms with E-state index in [0.29, 0.717) is 16.7 Å². The van der Waals surface area contributed by atoms with Gasteiger partial charge < -0.3 is 10.1 Å². The highest BCUT2D eigenvalue weighted by molar-refractivity contribution is 5.94. The van der Waals surface area contributed by atoms with E-state index in [2.05, 4.69) is 5.32 Å². The molecule has 0 saturated carbocycles. The third-order valence-electron chi connectivity index (χ3n) is 3.87. The summed E-state index contributed by atoms with van der Waals surface area (Å²) < 4.78 is 18.7. The Labute approximate surface area is 133 Å². The third-order valence-corrected chi connectivity index (χ3v) is 3.87. The summed E-state index contributed by atoms with van der Waals surface area (Å²) in [6.45, 7) is 1.92. The van der Waals surface area contributed by atoms with E-state index in [1.54, 1.807) is 43.3 Å². The maximum atomic E-state index is 13.5. The molecule has 118 valence electrons. The number of ether oxygens (including phenoxy) is 1. The number of fused-ring (bicyclic) bond motifs is 1. The molecule has 5 heteroatoms. The Kier molecular flexibility index (Phi) is 4.10. The largest absolute Gasteiger partial charge is 0.453 e. The lowest BCUT2D eigenvalue weighted by molar-refractivity contribution is -0.123. The number of carbonyl (C=O) groups is 2. The number of rotatable bonds is 4. The summed E-state index contributed by atoms with van der Waals surface area (Å²) in [5.41, 5.74) is 2.49. The normalized spacial score (nSPS) is 15.9. The molecule has 0 radical (unpaired) electrons. The molecule has 1 aliphatic heterocycles. The number of cyclic esters (lactones) is 1. The van der Waals surface area contributed by atoms with Crippen molar-refractivity contribution in [2.24, 2.45) is 0 Å². The standard InChI is InChI=1S/C18H16FNO3/c1-11-6-7-12(8-15(11)19)10-20-17(21)9-16-13-4-2-3-5-14(13)18(22)23-16/h2-8,16H,9-10H2,1H3,(H,20,21). The number of amides is 1. The van der Waals surface area contributed by atoms with Crippen LogP contribution in [0.3, 0.4) is 0 Å². The fourth-order valence-electron chi connectivity index (χ4n) is 2.56. The van der Waals surface area contributed by atoms with Crippen molar-refractivity contribution >= 4 is 11.9 Å². The van der Waals surface area contributed by atoms with Crippen LogP contribution in [0.25, 0.3) is 0 Å². The van der Waals surface area contributed by atoms with E-state index in [4.69, 9.17) is 4.74 Å². The molecule has 2 aromatic rings. The van der Waals surface area contributed by atoms with Crippen molar-refractivity contribution in [2.75, 3.05) is 0 Å². The molecule has 4 nitrogen and oxygen atoms in total. The summed E-state index contributed by atoms with van der Waals surface area (Å²) in [5.74, 6) is -0.949. The molecule has 1 aliphatic rings. The van der Waals surface area contributed by atoms with E-state index in [9.17, 15) is 14.0 Å². The van der Waals surface area contributed by atoms with Crippen LogP contribution in [-0.4, -0.2) is 11.9 Å². The molecule has 1 atom stereocenters. The van der Waals surface area contributed by atoms with Crippen molar-refractivity contribution < 1.29 is 18.7 Å². The zero-order valence-electron chi connectivity index (χ0n) is 12.6. The summed E-state index contributed by atoms with van der Waals surface area (Å²) >= 11 is 0. The van der Waals surface area contributed by atoms with Crippen molar-refractivity contribution in [1.29, 1.82) is 0 Å². The van der Waals surface area contributed by atoms with Crippen LogP contribution in [0, 0.1) is 12.7 Å². The Morgan fingerprint density at radius 3 is 2.83 bits per heavy atom. The predicted octanol–water partition coefficient (Wildman–Crippen LogP) is 3.05. The highest BCUT2D eigenvalue weighted by atomic mass is 19.1. The van der Waals surface area contributed by atoms with Crippen LogP contribution < -0.4 is 5.32 Å². The maximum absolute atomic E-state index is 13.5. The number of hydrogen-bond donors (Lipinski definition) is 1. The number of halogens is 1. The SMILES string of the molecule is Cc1ccc(CNC(=O)CC2OC(=O)c3ccccc32)cc1F. The first-order chi connectivity index (χ1) is 11.0. The smallest absolute Gasteiger partial charge is 0.339 e. The number of aryl methyl sites for hydroxylation is 1. The fourth-order valence-corrected chi connectivity index (χ4v) is 2.56. The van der Waals surface area contributed by atoms with Gasteiger partial charge >= 0.3 is 5.97 Å². The Morgan fingerprint density at radius 2 is 2.04 bits per heavy atom. The molecular formula is C18H16FNO3. The first kappa shape index (κ1) is 15.2. The van der Waals surface area contributed by atoms with Crippen LogP contribution in [0.2, 0.25) is 0 Å². The lowest BCUT2D eigenvalue weighted by atomic mass is 10.0. The van der Waals surface area contributed by atoms with Gasteiger partial charge in [0.25, 0.3) is 0 Å². The molecular weight excluding hydrogens is 297 g/mol. The molecule has 0 spiro atoms. The van der Waals surface area contributed by atoms with Gasteiger partial charge in [0.2, 0.25) is 5.91 Å². The number of esters is 1. The van der Waals surface area contributed by atoms with Crippen molar-refractivity contribution in [3.63, 3.8) is 0 Å². The first-order valence-electron chi connectivity index (χ1n) is 7.36. The summed E-state index contributed by atoms with van der Waals surface area (Å²) in [6.07, 6.45) is -0.509. The monoisotopic (exact) mass is 313 g/mol. The first-order valence-corrected chi connectivity index (χ1v) is 7.36. The van der Waals surface area contributed by atoms with Crippen molar-refractivity contribution in [3.05, 3.63) is 70.5 Å². The minimum atomic E-state index is -0.562. The summed E-state index contributed by atoms with van der Waals surface area (Å²) in [6, 6.07) is 11.9. The second-order valence-corrected chi connectivity index (χ2v) is 5.55. The van der Waals surface area contributed by atoms with Gasteiger partial charge in [-0.3, -0.25) is 4.79 Å². The van der Waals surface area contributed by atoms with Crippen LogP contribution in [0.15, 0.2) is 42.5 Å². The summed E-state index contributed by atoms with van der Waals surface area (Å²) in [5, 5.41) is 2.72. The topological polar surface area (TPSA) is 55.4 Å². The Bertz CT molecular complexity index is 773. The van der Waals surface area contributed by atoms with Gasteiger partial charge in [0.05, 0.1) is 12.0 Å². The lowest BCUT2D eigenvalue weighted by Crippen LogP contribution is -2.24. The molecule has 1 amide bonds. The van der Waals surface area contributed by atoms with E-state index in [1.165, 1.54) is 6.07 Å². The number of carbonyl (C=O) groups excluding carboxylic acids is 2. The van der Waals surface area contributed by atoms with Crippen molar-refractivity contribution in [1.82, 2.24) is 5.32 Å². The quantitative estimate of drug-likeness (QED) is 0.883. The van der Waals surface area contributed by atoms with Crippen LogP contribution in [-0.2, 0) is 16.1 Å². The number of hydrogen-bond acceptors (Lipinski definition) is 3. The summed E-state index contributed by atoms with van der Waals surface area (Å²) in [4.78, 5) is 23.8. The molecule has 3 rings (SSSR count). The van der Waals surface area contributed by atoms with Gasteiger partial charge in [0.15, 0.2) is 0 Å². The Hall–Kier alpha value is -2.69. The highest BCUT2D eigenvalue weighted by Gasteiger charge is 2.31. The zero-order valence-corrected chi connectivity index (χ0v) is 12.6. The van der Waals surface area contributed by atoms with Crippen LogP contribution in [0.1, 0.15) is 39.6 Å². The summed E-state index contributed by atoms with van der Waals surface area (Å²) in [7, 11) is 0. The molecule has 1 heterocycles. The average Bonchev–Trinajstić information content (AvgIpc) is 2.85. The van der Waals surface area contributed by atoms with E-state index < -0.39 is 12.1 Å². The molecule has 1 N–H and O–H groups in total. The lowest BCUT2D eigenvalue weighted by Gasteiger charge is -2.11. The maximum Gasteiger partial charge on any atom is 0.339 e. The second kappa shape index (κ2) is 6.20. The van der Waals surface area contributed by atoms with E-state index in [1.807, 2.05) is 0 Å². The van der Waals surface area contributed by atoms with E-state index in [-0.39, 0.29) is 24.7 Å². The molecule has 2 aromatic carbocycles. The molecule has 0 aromatic heterocycles. The molecule has 1 unspecified atom stereocenters. The predicted molar refractivity (Wildman–Crippen MR) is 82.2 cm³/mol. The van der Waals surface area contributed by atoms with Gasteiger partial charge in [-0.1, -0.05) is 30.3 Å². The van der Waals surface area contributed by atoms with E-state index in [0.717, 1.165) is 5.56 Å². The van der Waals surface area contributed by atoms with Gasteiger partial charge in [-0.25, -0.2) is 9.18 Å². The Balaban J connectivity index is 1.60. The van der Waals surface area contributed by atoms with Crippen molar-refractivity contribution in [3.8, 4) is 0 Å². The van der Waals surface area contributed by atoms with Gasteiger partial charge in [0, 0.05) is 12.1 Å². The molecule has 0 saturated heterocycles. The van der Waals surface area contributed by atoms with Gasteiger partial charge in [-0.2, -0.15) is 0 Å². The zero-order chi connectivity index (χ0) is 16.4. The molecule has 0 fully saturated rings. The van der Waals surface area contributed by atoms with Crippen LogP contribution in [0.4, 0.5) is 4.39 Å². The third kappa shape index (κ3) is 3.23. The minimum absolute atomic E-state index is 0.0527. The fraction of sp³-hybridized carbons (Fsp3) is 0.222. The van der Waals surface area contributed by atoms with E-state index >= 15 is 0 Å². The highest BCUT2D eigenvalue weighted by Crippen LogP contribution is 2.32. The van der Waals surface area contributed by atoms with Crippen LogP contribution in [0.5, 0.6) is 0 Å². The second-order valence-electron chi connectivity index (χ2n) is 5.55. The Morgan fingerprint density at radius 1 is 1.26 bits per heavy atom. The average molecular weight is 313 g/mol. The van der Waals surface area contributed by atoms with Crippen molar-refractivity contribution in [2.45, 2.75) is 26.0 Å². The number of benzene rings is 2. The van der Waals surface area contributed by atoms with Crippen LogP contribution >= 0.6 is 0 Å².